The molecule has 3 rings (SSSR count). The Hall–Kier alpha value is -3.22. The number of rotatable bonds is 3. The molecule has 0 amide bonds. The van der Waals surface area contributed by atoms with Crippen LogP contribution in [0.5, 0.6) is 0 Å². The van der Waals surface area contributed by atoms with Gasteiger partial charge in [0.25, 0.3) is 5.69 Å². The number of aromatic nitrogens is 2. The molecule has 3 aromatic rings. The molecule has 0 saturated heterocycles. The molecule has 0 saturated carbocycles. The van der Waals surface area contributed by atoms with E-state index in [9.17, 15) is 14.9 Å². The van der Waals surface area contributed by atoms with Crippen molar-refractivity contribution < 1.29 is 14.5 Å². The second-order valence-corrected chi connectivity index (χ2v) is 4.58. The number of nitrogens with zero attached hydrogens (tertiary/aromatic N) is 3. The number of carbonyl (C=O) groups excluding carboxylic acids is 1. The highest BCUT2D eigenvalue weighted by Crippen LogP contribution is 2.23. The van der Waals surface area contributed by atoms with E-state index in [1.165, 1.54) is 30.0 Å². The standard InChI is InChI=1S/C15H11N3O4/c1-22-15(19)12-8-11(18(20)21)6-7-14(12)17-9-10-4-2-3-5-13(10)16-17/h2-9H,1H3. The van der Waals surface area contributed by atoms with Gasteiger partial charge in [-0.1, -0.05) is 18.2 Å². The molecule has 0 N–H and O–H groups in total. The maximum Gasteiger partial charge on any atom is 0.340 e. The van der Waals surface area contributed by atoms with Gasteiger partial charge >= 0.3 is 5.97 Å². The van der Waals surface area contributed by atoms with Gasteiger partial charge in [-0.15, -0.1) is 0 Å². The monoisotopic (exact) mass is 297 g/mol. The summed E-state index contributed by atoms with van der Waals surface area (Å²) in [6, 6.07) is 11.5. The molecule has 22 heavy (non-hydrogen) atoms. The van der Waals surface area contributed by atoms with Crippen molar-refractivity contribution in [3.63, 3.8) is 0 Å². The van der Waals surface area contributed by atoms with Crippen LogP contribution < -0.4 is 0 Å². The third kappa shape index (κ3) is 2.28. The van der Waals surface area contributed by atoms with Crippen molar-refractivity contribution in [2.45, 2.75) is 0 Å². The fraction of sp³-hybridized carbons (Fsp3) is 0.0667. The van der Waals surface area contributed by atoms with E-state index in [1.54, 1.807) is 6.20 Å². The molecule has 0 unspecified atom stereocenters. The second kappa shape index (κ2) is 5.28. The van der Waals surface area contributed by atoms with Crippen LogP contribution in [0.25, 0.3) is 16.6 Å². The Morgan fingerprint density at radius 3 is 2.73 bits per heavy atom. The quantitative estimate of drug-likeness (QED) is 0.421. The first kappa shape index (κ1) is 13.7. The summed E-state index contributed by atoms with van der Waals surface area (Å²) in [4.78, 5) is 22.2. The van der Waals surface area contributed by atoms with E-state index >= 15 is 0 Å². The van der Waals surface area contributed by atoms with Crippen LogP contribution in [0.15, 0.2) is 48.7 Å². The van der Waals surface area contributed by atoms with E-state index in [0.29, 0.717) is 5.69 Å². The van der Waals surface area contributed by atoms with Gasteiger partial charge in [0.15, 0.2) is 0 Å². The third-order valence-corrected chi connectivity index (χ3v) is 3.26. The molecule has 1 aromatic heterocycles. The van der Waals surface area contributed by atoms with Gasteiger partial charge < -0.3 is 4.74 Å². The third-order valence-electron chi connectivity index (χ3n) is 3.26. The molecule has 0 aliphatic heterocycles. The Morgan fingerprint density at radius 1 is 1.27 bits per heavy atom. The van der Waals surface area contributed by atoms with Crippen molar-refractivity contribution in [1.29, 1.82) is 0 Å². The van der Waals surface area contributed by atoms with Crippen LogP contribution in [0.3, 0.4) is 0 Å². The Kier molecular flexibility index (Phi) is 3.30. The van der Waals surface area contributed by atoms with Crippen molar-refractivity contribution in [1.82, 2.24) is 9.78 Å². The molecule has 0 bridgehead atoms. The van der Waals surface area contributed by atoms with E-state index in [4.69, 9.17) is 4.74 Å². The molecule has 110 valence electrons. The van der Waals surface area contributed by atoms with Gasteiger partial charge in [0.1, 0.15) is 0 Å². The number of esters is 1. The molecule has 2 aromatic carbocycles. The predicted molar refractivity (Wildman–Crippen MR) is 79.1 cm³/mol. The zero-order valence-corrected chi connectivity index (χ0v) is 11.6. The minimum Gasteiger partial charge on any atom is -0.465 e. The van der Waals surface area contributed by atoms with Gasteiger partial charge in [-0.3, -0.25) is 10.1 Å². The lowest BCUT2D eigenvalue weighted by molar-refractivity contribution is -0.384. The number of hydrogen-bond donors (Lipinski definition) is 0. The molecule has 7 heteroatoms. The Morgan fingerprint density at radius 2 is 2.05 bits per heavy atom. The number of nitro benzene ring substituents is 1. The summed E-state index contributed by atoms with van der Waals surface area (Å²) in [5.74, 6) is -0.654. The number of nitro groups is 1. The highest BCUT2D eigenvalue weighted by molar-refractivity contribution is 5.94. The molecule has 1 heterocycles. The zero-order chi connectivity index (χ0) is 15.7. The predicted octanol–water partition coefficient (Wildman–Crippen LogP) is 2.72. The van der Waals surface area contributed by atoms with Crippen molar-refractivity contribution in [3.05, 3.63) is 64.3 Å². The lowest BCUT2D eigenvalue weighted by atomic mass is 10.1. The van der Waals surface area contributed by atoms with E-state index < -0.39 is 10.9 Å². The summed E-state index contributed by atoms with van der Waals surface area (Å²) in [5.41, 5.74) is 1.09. The smallest absolute Gasteiger partial charge is 0.340 e. The van der Waals surface area contributed by atoms with Crippen LogP contribution in [0.2, 0.25) is 0 Å². The first-order valence-electron chi connectivity index (χ1n) is 6.41. The van der Waals surface area contributed by atoms with Crippen molar-refractivity contribution >= 4 is 22.6 Å². The molecule has 0 radical (unpaired) electrons. The van der Waals surface area contributed by atoms with Gasteiger partial charge in [-0.25, -0.2) is 9.48 Å². The lowest BCUT2D eigenvalue weighted by Gasteiger charge is -2.07. The Bertz CT molecular complexity index is 852. The number of carbonyl (C=O) groups is 1. The fourth-order valence-corrected chi connectivity index (χ4v) is 2.20. The van der Waals surface area contributed by atoms with Crippen LogP contribution in [-0.4, -0.2) is 27.8 Å². The maximum atomic E-state index is 11.9. The van der Waals surface area contributed by atoms with Crippen LogP contribution >= 0.6 is 0 Å². The summed E-state index contributed by atoms with van der Waals surface area (Å²) in [7, 11) is 1.23. The molecule has 0 aliphatic rings. The van der Waals surface area contributed by atoms with Gasteiger partial charge in [0.05, 0.1) is 28.8 Å². The molecule has 7 nitrogen and oxygen atoms in total. The van der Waals surface area contributed by atoms with Crippen molar-refractivity contribution in [2.24, 2.45) is 0 Å². The summed E-state index contributed by atoms with van der Waals surface area (Å²) < 4.78 is 6.22. The molecular formula is C15H11N3O4. The SMILES string of the molecule is COC(=O)c1cc([N+](=O)[O-])ccc1-n1cc2ccccc2n1. The highest BCUT2D eigenvalue weighted by Gasteiger charge is 2.19. The number of benzene rings is 2. The first-order chi connectivity index (χ1) is 10.6. The molecule has 0 atom stereocenters. The summed E-state index contributed by atoms with van der Waals surface area (Å²) in [6.45, 7) is 0. The number of non-ortho nitro benzene ring substituents is 1. The molecular weight excluding hydrogens is 286 g/mol. The molecule has 0 fully saturated rings. The van der Waals surface area contributed by atoms with Gasteiger partial charge in [0.2, 0.25) is 0 Å². The largest absolute Gasteiger partial charge is 0.465 e. The minimum absolute atomic E-state index is 0.0875. The fourth-order valence-electron chi connectivity index (χ4n) is 2.20. The maximum absolute atomic E-state index is 11.9. The minimum atomic E-state index is -0.654. The average Bonchev–Trinajstić information content (AvgIpc) is 2.97. The lowest BCUT2D eigenvalue weighted by Crippen LogP contribution is -2.09. The average molecular weight is 297 g/mol. The Balaban J connectivity index is 2.20. The first-order valence-corrected chi connectivity index (χ1v) is 6.41. The second-order valence-electron chi connectivity index (χ2n) is 4.58. The zero-order valence-electron chi connectivity index (χ0n) is 11.6. The Labute approximate surface area is 124 Å². The van der Waals surface area contributed by atoms with Crippen LogP contribution in [0.1, 0.15) is 10.4 Å². The van der Waals surface area contributed by atoms with Gasteiger partial charge in [-0.05, 0) is 12.1 Å². The normalized spacial score (nSPS) is 10.6. The number of methoxy groups -OCH3 is 1. The van der Waals surface area contributed by atoms with Crippen LogP contribution in [-0.2, 0) is 4.74 Å². The van der Waals surface area contributed by atoms with E-state index in [-0.39, 0.29) is 11.3 Å². The van der Waals surface area contributed by atoms with Crippen molar-refractivity contribution in [2.75, 3.05) is 7.11 Å². The van der Waals surface area contributed by atoms with Crippen LogP contribution in [0, 0.1) is 10.1 Å². The van der Waals surface area contributed by atoms with E-state index in [1.807, 2.05) is 24.3 Å². The highest BCUT2D eigenvalue weighted by atomic mass is 16.6. The number of fused-ring (bicyclic) bond motifs is 1. The molecule has 0 spiro atoms. The molecule has 0 aliphatic carbocycles. The van der Waals surface area contributed by atoms with Crippen LogP contribution in [0.4, 0.5) is 5.69 Å². The summed E-state index contributed by atoms with van der Waals surface area (Å²) >= 11 is 0. The van der Waals surface area contributed by atoms with E-state index in [0.717, 1.165) is 10.9 Å². The number of ether oxygens (including phenoxy) is 1. The van der Waals surface area contributed by atoms with Gasteiger partial charge in [0, 0.05) is 23.7 Å². The van der Waals surface area contributed by atoms with Crippen molar-refractivity contribution in [3.8, 4) is 5.69 Å². The summed E-state index contributed by atoms with van der Waals surface area (Å²) in [5, 5.41) is 16.2. The topological polar surface area (TPSA) is 87.3 Å². The van der Waals surface area contributed by atoms with E-state index in [2.05, 4.69) is 5.10 Å². The van der Waals surface area contributed by atoms with Gasteiger partial charge in [-0.2, -0.15) is 5.10 Å². The summed E-state index contributed by atoms with van der Waals surface area (Å²) in [6.07, 6.45) is 1.75. The number of hydrogen-bond acceptors (Lipinski definition) is 5.